The minimum Gasteiger partial charge on any atom is -0.491 e. The lowest BCUT2D eigenvalue weighted by Crippen LogP contribution is -2.32. The molecule has 36 heavy (non-hydrogen) atoms. The topological polar surface area (TPSA) is 114 Å². The van der Waals surface area contributed by atoms with E-state index < -0.39 is 5.97 Å². The molecule has 1 atom stereocenters. The first-order valence-electron chi connectivity index (χ1n) is 11.8. The SMILES string of the molecule is CC(C)C(COc1ccc(-c2nc3ccccc3o2)cc1)Nc1ccc(C(=O)NCCC(=O)O)cc1. The molecule has 0 bridgehead atoms. The normalized spacial score (nSPS) is 11.9. The summed E-state index contributed by atoms with van der Waals surface area (Å²) in [4.78, 5) is 27.3. The fourth-order valence-corrected chi connectivity index (χ4v) is 3.59. The summed E-state index contributed by atoms with van der Waals surface area (Å²) in [7, 11) is 0. The maximum absolute atomic E-state index is 12.1. The van der Waals surface area contributed by atoms with E-state index in [-0.39, 0.29) is 24.9 Å². The lowest BCUT2D eigenvalue weighted by atomic mass is 10.0. The highest BCUT2D eigenvalue weighted by Crippen LogP contribution is 2.26. The van der Waals surface area contributed by atoms with Crippen molar-refractivity contribution in [1.29, 1.82) is 0 Å². The lowest BCUT2D eigenvalue weighted by molar-refractivity contribution is -0.136. The first-order chi connectivity index (χ1) is 17.4. The monoisotopic (exact) mass is 487 g/mol. The Morgan fingerprint density at radius 3 is 2.39 bits per heavy atom. The third-order valence-corrected chi connectivity index (χ3v) is 5.75. The number of carboxylic acid groups (broad SMARTS) is 1. The van der Waals surface area contributed by atoms with Crippen LogP contribution < -0.4 is 15.4 Å². The maximum Gasteiger partial charge on any atom is 0.305 e. The van der Waals surface area contributed by atoms with Crippen molar-refractivity contribution in [2.45, 2.75) is 26.3 Å². The molecule has 1 heterocycles. The number of aliphatic carboxylic acids is 1. The molecular weight excluding hydrogens is 458 g/mol. The highest BCUT2D eigenvalue weighted by molar-refractivity contribution is 5.94. The van der Waals surface area contributed by atoms with Crippen LogP contribution in [-0.2, 0) is 4.79 Å². The molecule has 0 aliphatic heterocycles. The zero-order chi connectivity index (χ0) is 25.5. The molecule has 1 aromatic heterocycles. The number of carbonyl (C=O) groups excluding carboxylic acids is 1. The molecule has 8 nitrogen and oxygen atoms in total. The quantitative estimate of drug-likeness (QED) is 0.266. The van der Waals surface area contributed by atoms with Gasteiger partial charge in [-0.3, -0.25) is 9.59 Å². The second-order valence-electron chi connectivity index (χ2n) is 8.79. The van der Waals surface area contributed by atoms with E-state index in [0.29, 0.717) is 24.0 Å². The number of amides is 1. The molecule has 0 aliphatic carbocycles. The van der Waals surface area contributed by atoms with Gasteiger partial charge in [0, 0.05) is 23.4 Å². The van der Waals surface area contributed by atoms with Crippen LogP contribution in [0.1, 0.15) is 30.6 Å². The number of carbonyl (C=O) groups is 2. The number of aromatic nitrogens is 1. The summed E-state index contributed by atoms with van der Waals surface area (Å²) in [5.41, 5.74) is 3.80. The highest BCUT2D eigenvalue weighted by Gasteiger charge is 2.15. The first-order valence-corrected chi connectivity index (χ1v) is 11.8. The average Bonchev–Trinajstić information content (AvgIpc) is 3.31. The van der Waals surface area contributed by atoms with E-state index >= 15 is 0 Å². The van der Waals surface area contributed by atoms with E-state index in [0.717, 1.165) is 28.1 Å². The Bertz CT molecular complexity index is 1280. The lowest BCUT2D eigenvalue weighted by Gasteiger charge is -2.24. The van der Waals surface area contributed by atoms with E-state index in [2.05, 4.69) is 29.5 Å². The van der Waals surface area contributed by atoms with Crippen molar-refractivity contribution in [2.24, 2.45) is 5.92 Å². The van der Waals surface area contributed by atoms with Crippen molar-refractivity contribution in [3.63, 3.8) is 0 Å². The number of oxazole rings is 1. The van der Waals surface area contributed by atoms with Gasteiger partial charge in [-0.25, -0.2) is 4.98 Å². The van der Waals surface area contributed by atoms with Crippen molar-refractivity contribution in [3.8, 4) is 17.2 Å². The molecule has 8 heteroatoms. The zero-order valence-corrected chi connectivity index (χ0v) is 20.2. The molecule has 4 aromatic rings. The summed E-state index contributed by atoms with van der Waals surface area (Å²) in [6.07, 6.45) is -0.110. The predicted molar refractivity (Wildman–Crippen MR) is 138 cm³/mol. The van der Waals surface area contributed by atoms with Crippen LogP contribution in [0.2, 0.25) is 0 Å². The summed E-state index contributed by atoms with van der Waals surface area (Å²) in [5.74, 6) is 0.367. The van der Waals surface area contributed by atoms with Crippen LogP contribution in [-0.4, -0.2) is 41.2 Å². The number of carboxylic acids is 1. The highest BCUT2D eigenvalue weighted by atomic mass is 16.5. The minimum absolute atomic E-state index is 0.0389. The van der Waals surface area contributed by atoms with Gasteiger partial charge in [0.1, 0.15) is 17.9 Å². The Hall–Kier alpha value is -4.33. The number of hydrogen-bond acceptors (Lipinski definition) is 6. The van der Waals surface area contributed by atoms with E-state index in [1.165, 1.54) is 0 Å². The molecule has 3 N–H and O–H groups in total. The summed E-state index contributed by atoms with van der Waals surface area (Å²) < 4.78 is 11.9. The number of hydrogen-bond donors (Lipinski definition) is 3. The van der Waals surface area contributed by atoms with E-state index in [1.807, 2.05) is 60.7 Å². The molecule has 0 aliphatic rings. The fourth-order valence-electron chi connectivity index (χ4n) is 3.59. The molecule has 0 spiro atoms. The smallest absolute Gasteiger partial charge is 0.305 e. The molecule has 0 saturated carbocycles. The Morgan fingerprint density at radius 1 is 1.00 bits per heavy atom. The van der Waals surface area contributed by atoms with Crippen LogP contribution in [0.4, 0.5) is 5.69 Å². The third kappa shape index (κ3) is 6.41. The van der Waals surface area contributed by atoms with Crippen LogP contribution in [0, 0.1) is 5.92 Å². The number of fused-ring (bicyclic) bond motifs is 1. The van der Waals surface area contributed by atoms with Crippen molar-refractivity contribution < 1.29 is 23.8 Å². The Morgan fingerprint density at radius 2 is 1.72 bits per heavy atom. The van der Waals surface area contributed by atoms with Gasteiger partial charge in [-0.1, -0.05) is 26.0 Å². The van der Waals surface area contributed by atoms with E-state index in [1.54, 1.807) is 12.1 Å². The van der Waals surface area contributed by atoms with Crippen LogP contribution in [0.5, 0.6) is 5.75 Å². The summed E-state index contributed by atoms with van der Waals surface area (Å²) in [6.45, 7) is 4.78. The Balaban J connectivity index is 1.32. The molecule has 1 unspecified atom stereocenters. The van der Waals surface area contributed by atoms with Crippen LogP contribution in [0.3, 0.4) is 0 Å². The third-order valence-electron chi connectivity index (χ3n) is 5.75. The van der Waals surface area contributed by atoms with Crippen molar-refractivity contribution in [2.75, 3.05) is 18.5 Å². The van der Waals surface area contributed by atoms with E-state index in [4.69, 9.17) is 14.3 Å². The number of benzene rings is 3. The number of para-hydroxylation sites is 2. The maximum atomic E-state index is 12.1. The fraction of sp³-hybridized carbons (Fsp3) is 0.250. The van der Waals surface area contributed by atoms with E-state index in [9.17, 15) is 9.59 Å². The standard InChI is InChI=1S/C28H29N3O5/c1-18(2)24(30-21-11-7-19(8-12-21)27(34)29-16-15-26(32)33)17-35-22-13-9-20(10-14-22)28-31-23-5-3-4-6-25(23)36-28/h3-14,18,24,30H,15-17H2,1-2H3,(H,29,34)(H,32,33). The van der Waals surface area contributed by atoms with Gasteiger partial charge in [-0.2, -0.15) is 0 Å². The second-order valence-corrected chi connectivity index (χ2v) is 8.79. The van der Waals surface area contributed by atoms with Gasteiger partial charge in [-0.05, 0) is 66.6 Å². The van der Waals surface area contributed by atoms with Crippen molar-refractivity contribution >= 4 is 28.7 Å². The molecule has 0 fully saturated rings. The van der Waals surface area contributed by atoms with Crippen LogP contribution in [0.25, 0.3) is 22.6 Å². The molecular formula is C28H29N3O5. The molecule has 0 saturated heterocycles. The molecule has 3 aromatic carbocycles. The van der Waals surface area contributed by atoms with Crippen molar-refractivity contribution in [3.05, 3.63) is 78.4 Å². The molecule has 1 amide bonds. The largest absolute Gasteiger partial charge is 0.491 e. The van der Waals surface area contributed by atoms with Gasteiger partial charge in [-0.15, -0.1) is 0 Å². The average molecular weight is 488 g/mol. The zero-order valence-electron chi connectivity index (χ0n) is 20.2. The number of anilines is 1. The van der Waals surface area contributed by atoms with Crippen LogP contribution >= 0.6 is 0 Å². The Labute approximate surface area is 209 Å². The van der Waals surface area contributed by atoms with Gasteiger partial charge < -0.3 is 24.9 Å². The molecule has 4 rings (SSSR count). The molecule has 186 valence electrons. The first kappa shape index (κ1) is 24.8. The van der Waals surface area contributed by atoms with Gasteiger partial charge in [0.25, 0.3) is 5.91 Å². The number of rotatable bonds is 11. The second kappa shape index (κ2) is 11.4. The van der Waals surface area contributed by atoms with Gasteiger partial charge in [0.2, 0.25) is 5.89 Å². The summed E-state index contributed by atoms with van der Waals surface area (Å²) in [5, 5.41) is 14.8. The van der Waals surface area contributed by atoms with Gasteiger partial charge >= 0.3 is 5.97 Å². The number of nitrogens with one attached hydrogen (secondary N) is 2. The Kier molecular flexibility index (Phi) is 7.85. The van der Waals surface area contributed by atoms with Gasteiger partial charge in [0.05, 0.1) is 12.5 Å². The molecule has 0 radical (unpaired) electrons. The minimum atomic E-state index is -0.948. The number of ether oxygens (including phenoxy) is 1. The summed E-state index contributed by atoms with van der Waals surface area (Å²) >= 11 is 0. The predicted octanol–water partition coefficient (Wildman–Crippen LogP) is 5.21. The van der Waals surface area contributed by atoms with Gasteiger partial charge in [0.15, 0.2) is 5.58 Å². The van der Waals surface area contributed by atoms with Crippen LogP contribution in [0.15, 0.2) is 77.2 Å². The number of nitrogens with zero attached hydrogens (tertiary/aromatic N) is 1. The summed E-state index contributed by atoms with van der Waals surface area (Å²) in [6, 6.07) is 22.4. The van der Waals surface area contributed by atoms with Crippen molar-refractivity contribution in [1.82, 2.24) is 10.3 Å².